The standard InChI is InChI=1S/C20H19N3O3S/c1-11-5-4-6-15(12(11)2)20-22-13(3)18(27-20)19(26)23-21-10-14-7-8-16(24)17(25)9-14/h4-10,24-25H,1-3H3,(H,23,26)/b21-10+. The van der Waals surface area contributed by atoms with Gasteiger partial charge in [0.15, 0.2) is 11.5 Å². The molecule has 1 heterocycles. The van der Waals surface area contributed by atoms with Crippen LogP contribution in [-0.2, 0) is 0 Å². The number of nitrogens with one attached hydrogen (secondary N) is 1. The minimum atomic E-state index is -0.346. The van der Waals surface area contributed by atoms with Crippen molar-refractivity contribution in [2.75, 3.05) is 0 Å². The van der Waals surface area contributed by atoms with Crippen molar-refractivity contribution in [3.63, 3.8) is 0 Å². The number of phenols is 2. The second-order valence-corrected chi connectivity index (χ2v) is 7.13. The van der Waals surface area contributed by atoms with Crippen molar-refractivity contribution in [1.82, 2.24) is 10.4 Å². The highest BCUT2D eigenvalue weighted by atomic mass is 32.1. The monoisotopic (exact) mass is 381 g/mol. The summed E-state index contributed by atoms with van der Waals surface area (Å²) in [6.45, 7) is 5.88. The molecule has 0 saturated heterocycles. The van der Waals surface area contributed by atoms with Crippen LogP contribution in [-0.4, -0.2) is 27.3 Å². The summed E-state index contributed by atoms with van der Waals surface area (Å²) < 4.78 is 0. The van der Waals surface area contributed by atoms with Gasteiger partial charge < -0.3 is 10.2 Å². The number of hydrogen-bond acceptors (Lipinski definition) is 6. The molecule has 0 saturated carbocycles. The molecule has 6 nitrogen and oxygen atoms in total. The zero-order valence-corrected chi connectivity index (χ0v) is 16.0. The molecule has 0 unspecified atom stereocenters. The van der Waals surface area contributed by atoms with E-state index in [0.29, 0.717) is 16.1 Å². The largest absolute Gasteiger partial charge is 0.504 e. The van der Waals surface area contributed by atoms with Gasteiger partial charge in [0.2, 0.25) is 0 Å². The maximum Gasteiger partial charge on any atom is 0.283 e. The number of aromatic nitrogens is 1. The molecule has 0 fully saturated rings. The average molecular weight is 381 g/mol. The van der Waals surface area contributed by atoms with E-state index in [2.05, 4.69) is 15.5 Å². The Balaban J connectivity index is 1.77. The number of hydrogen-bond donors (Lipinski definition) is 3. The van der Waals surface area contributed by atoms with Gasteiger partial charge in [-0.3, -0.25) is 4.79 Å². The molecular formula is C20H19N3O3S. The lowest BCUT2D eigenvalue weighted by atomic mass is 10.0. The van der Waals surface area contributed by atoms with Crippen LogP contribution in [0.1, 0.15) is 32.1 Å². The summed E-state index contributed by atoms with van der Waals surface area (Å²) in [6.07, 6.45) is 1.39. The molecule has 3 rings (SSSR count). The molecule has 1 aromatic heterocycles. The van der Waals surface area contributed by atoms with E-state index in [9.17, 15) is 15.0 Å². The Labute approximate surface area is 160 Å². The third-order valence-corrected chi connectivity index (χ3v) is 5.41. The molecule has 0 aliphatic carbocycles. The van der Waals surface area contributed by atoms with Gasteiger partial charge in [-0.2, -0.15) is 5.10 Å². The summed E-state index contributed by atoms with van der Waals surface area (Å²) in [5.74, 6) is -0.807. The van der Waals surface area contributed by atoms with Gasteiger partial charge in [-0.05, 0) is 55.7 Å². The molecule has 0 bridgehead atoms. The lowest BCUT2D eigenvalue weighted by Gasteiger charge is -2.04. The Bertz CT molecular complexity index is 1040. The van der Waals surface area contributed by atoms with Crippen molar-refractivity contribution in [3.8, 4) is 22.1 Å². The van der Waals surface area contributed by atoms with Crippen LogP contribution in [0.4, 0.5) is 0 Å². The summed E-state index contributed by atoms with van der Waals surface area (Å²) >= 11 is 1.32. The number of phenolic OH excluding ortho intramolecular Hbond substituents is 2. The van der Waals surface area contributed by atoms with Gasteiger partial charge in [-0.15, -0.1) is 11.3 Å². The molecule has 0 aliphatic heterocycles. The molecule has 0 atom stereocenters. The molecule has 3 aromatic rings. The predicted octanol–water partition coefficient (Wildman–Crippen LogP) is 3.91. The summed E-state index contributed by atoms with van der Waals surface area (Å²) in [6, 6.07) is 10.3. The number of carbonyl (C=O) groups is 1. The highest BCUT2D eigenvalue weighted by Crippen LogP contribution is 2.31. The van der Waals surface area contributed by atoms with Gasteiger partial charge in [-0.1, -0.05) is 18.2 Å². The Kier molecular flexibility index (Phi) is 5.23. The molecule has 0 radical (unpaired) electrons. The molecule has 0 spiro atoms. The number of aromatic hydroxyl groups is 2. The van der Waals surface area contributed by atoms with E-state index in [4.69, 9.17) is 0 Å². The van der Waals surface area contributed by atoms with E-state index in [1.165, 1.54) is 35.2 Å². The summed E-state index contributed by atoms with van der Waals surface area (Å²) in [4.78, 5) is 17.5. The van der Waals surface area contributed by atoms with Gasteiger partial charge in [0.05, 0.1) is 11.9 Å². The van der Waals surface area contributed by atoms with Gasteiger partial charge in [0.1, 0.15) is 9.88 Å². The fourth-order valence-electron chi connectivity index (χ4n) is 2.54. The first-order valence-electron chi connectivity index (χ1n) is 8.26. The van der Waals surface area contributed by atoms with Crippen LogP contribution in [0.5, 0.6) is 11.5 Å². The fourth-order valence-corrected chi connectivity index (χ4v) is 3.58. The van der Waals surface area contributed by atoms with Crippen molar-refractivity contribution in [2.24, 2.45) is 5.10 Å². The molecule has 27 heavy (non-hydrogen) atoms. The van der Waals surface area contributed by atoms with E-state index < -0.39 is 0 Å². The Morgan fingerprint density at radius 1 is 1.15 bits per heavy atom. The summed E-state index contributed by atoms with van der Waals surface area (Å²) in [5, 5.41) is 23.5. The zero-order chi connectivity index (χ0) is 19.6. The van der Waals surface area contributed by atoms with Crippen LogP contribution in [0.25, 0.3) is 10.6 Å². The van der Waals surface area contributed by atoms with Crippen LogP contribution in [0.3, 0.4) is 0 Å². The second kappa shape index (κ2) is 7.59. The van der Waals surface area contributed by atoms with Crippen LogP contribution in [0.2, 0.25) is 0 Å². The number of benzene rings is 2. The first-order chi connectivity index (χ1) is 12.9. The van der Waals surface area contributed by atoms with E-state index >= 15 is 0 Å². The van der Waals surface area contributed by atoms with Gasteiger partial charge >= 0.3 is 0 Å². The van der Waals surface area contributed by atoms with Crippen LogP contribution >= 0.6 is 11.3 Å². The van der Waals surface area contributed by atoms with Crippen LogP contribution < -0.4 is 5.43 Å². The maximum atomic E-state index is 12.4. The lowest BCUT2D eigenvalue weighted by Crippen LogP contribution is -2.17. The molecule has 2 aromatic carbocycles. The number of thiazole rings is 1. The van der Waals surface area contributed by atoms with Crippen molar-refractivity contribution >= 4 is 23.5 Å². The van der Waals surface area contributed by atoms with E-state index in [1.54, 1.807) is 13.0 Å². The first-order valence-corrected chi connectivity index (χ1v) is 9.08. The first kappa shape index (κ1) is 18.6. The SMILES string of the molecule is Cc1cccc(-c2nc(C)c(C(=O)N/N=C/c3ccc(O)c(O)c3)s2)c1C. The highest BCUT2D eigenvalue weighted by molar-refractivity contribution is 7.17. The quantitative estimate of drug-likeness (QED) is 0.363. The predicted molar refractivity (Wildman–Crippen MR) is 107 cm³/mol. The highest BCUT2D eigenvalue weighted by Gasteiger charge is 2.17. The van der Waals surface area contributed by atoms with Crippen molar-refractivity contribution in [2.45, 2.75) is 20.8 Å². The van der Waals surface area contributed by atoms with E-state index in [1.807, 2.05) is 32.0 Å². The van der Waals surface area contributed by atoms with Crippen molar-refractivity contribution in [1.29, 1.82) is 0 Å². The molecule has 1 amide bonds. The van der Waals surface area contributed by atoms with Crippen LogP contribution in [0, 0.1) is 20.8 Å². The number of carbonyl (C=O) groups excluding carboxylic acids is 1. The Hall–Kier alpha value is -3.19. The average Bonchev–Trinajstić information content (AvgIpc) is 3.02. The van der Waals surface area contributed by atoms with Gasteiger partial charge in [0, 0.05) is 5.56 Å². The number of hydrazone groups is 1. The van der Waals surface area contributed by atoms with Gasteiger partial charge in [0.25, 0.3) is 5.91 Å². The Morgan fingerprint density at radius 2 is 1.93 bits per heavy atom. The summed E-state index contributed by atoms with van der Waals surface area (Å²) in [5.41, 5.74) is 6.99. The molecular weight excluding hydrogens is 362 g/mol. The molecule has 7 heteroatoms. The normalized spacial score (nSPS) is 11.1. The third-order valence-electron chi connectivity index (χ3n) is 4.22. The lowest BCUT2D eigenvalue weighted by molar-refractivity contribution is 0.0958. The Morgan fingerprint density at radius 3 is 2.67 bits per heavy atom. The number of rotatable bonds is 4. The number of nitrogens with zero attached hydrogens (tertiary/aromatic N) is 2. The number of aryl methyl sites for hydroxylation is 2. The van der Waals surface area contributed by atoms with Gasteiger partial charge in [-0.25, -0.2) is 10.4 Å². The van der Waals surface area contributed by atoms with Crippen molar-refractivity contribution in [3.05, 3.63) is 63.7 Å². The van der Waals surface area contributed by atoms with Crippen molar-refractivity contribution < 1.29 is 15.0 Å². The smallest absolute Gasteiger partial charge is 0.283 e. The molecule has 3 N–H and O–H groups in total. The zero-order valence-electron chi connectivity index (χ0n) is 15.1. The third kappa shape index (κ3) is 3.98. The van der Waals surface area contributed by atoms with E-state index in [0.717, 1.165) is 16.1 Å². The molecule has 0 aliphatic rings. The maximum absolute atomic E-state index is 12.4. The van der Waals surface area contributed by atoms with Crippen LogP contribution in [0.15, 0.2) is 41.5 Å². The second-order valence-electron chi connectivity index (χ2n) is 6.13. The summed E-state index contributed by atoms with van der Waals surface area (Å²) in [7, 11) is 0. The number of amides is 1. The topological polar surface area (TPSA) is 94.8 Å². The minimum Gasteiger partial charge on any atom is -0.504 e. The molecule has 138 valence electrons. The minimum absolute atomic E-state index is 0.213. The fraction of sp³-hybridized carbons (Fsp3) is 0.150. The van der Waals surface area contributed by atoms with E-state index in [-0.39, 0.29) is 17.4 Å².